The Morgan fingerprint density at radius 2 is 1.73 bits per heavy atom. The number of benzene rings is 3. The summed E-state index contributed by atoms with van der Waals surface area (Å²) in [6.07, 6.45) is 3.59. The van der Waals surface area contributed by atoms with Crippen LogP contribution < -0.4 is 14.2 Å². The number of hydrogen-bond donors (Lipinski definition) is 0. The van der Waals surface area contributed by atoms with Gasteiger partial charge in [0, 0.05) is 6.42 Å². The lowest BCUT2D eigenvalue weighted by Crippen LogP contribution is -2.27. The predicted octanol–water partition coefficient (Wildman–Crippen LogP) is 8.50. The van der Waals surface area contributed by atoms with Gasteiger partial charge in [0.05, 0.1) is 36.3 Å². The second-order valence-electron chi connectivity index (χ2n) is 9.45. The molecule has 1 atom stereocenters. The molecule has 1 saturated heterocycles. The van der Waals surface area contributed by atoms with E-state index in [0.29, 0.717) is 64.5 Å². The Morgan fingerprint density at radius 1 is 1.00 bits per heavy atom. The highest BCUT2D eigenvalue weighted by molar-refractivity contribution is 8.26. The van der Waals surface area contributed by atoms with E-state index >= 15 is 0 Å². The minimum Gasteiger partial charge on any atom is -0.493 e. The first-order valence-corrected chi connectivity index (χ1v) is 15.1. The fraction of sp³-hybridized carbons (Fsp3) is 0.312. The second-order valence-corrected chi connectivity index (χ2v) is 11.5. The number of thiocarbonyl (C=S) groups is 1. The number of thioether (sulfide) groups is 1. The van der Waals surface area contributed by atoms with Crippen molar-refractivity contribution in [1.29, 1.82) is 0 Å². The van der Waals surface area contributed by atoms with E-state index in [1.165, 1.54) is 17.3 Å². The third-order valence-electron chi connectivity index (χ3n) is 6.55. The van der Waals surface area contributed by atoms with E-state index in [1.54, 1.807) is 17.0 Å². The molecule has 0 radical (unpaired) electrons. The van der Waals surface area contributed by atoms with Gasteiger partial charge < -0.3 is 14.2 Å². The van der Waals surface area contributed by atoms with Crippen molar-refractivity contribution >= 4 is 51.9 Å². The third-order valence-corrected chi connectivity index (χ3v) is 8.21. The van der Waals surface area contributed by atoms with Gasteiger partial charge in [0.1, 0.15) is 10.1 Å². The maximum absolute atomic E-state index is 13.1. The largest absolute Gasteiger partial charge is 0.493 e. The molecule has 210 valence electrons. The SMILES string of the molecule is CCOc1cc(C=C2SC(=S)N(Cc3ccccc3)C2=O)cc(Cl)c1OCCCOc1ccc(C(C)CC)cc1. The zero-order chi connectivity index (χ0) is 28.5. The predicted molar refractivity (Wildman–Crippen MR) is 169 cm³/mol. The number of carbonyl (C=O) groups is 1. The van der Waals surface area contributed by atoms with Crippen molar-refractivity contribution in [3.63, 3.8) is 0 Å². The van der Waals surface area contributed by atoms with Crippen LogP contribution in [-0.4, -0.2) is 34.9 Å². The van der Waals surface area contributed by atoms with Crippen molar-refractivity contribution in [2.45, 2.75) is 46.1 Å². The van der Waals surface area contributed by atoms with E-state index in [0.717, 1.165) is 23.3 Å². The summed E-state index contributed by atoms with van der Waals surface area (Å²) < 4.78 is 18.3. The minimum atomic E-state index is -0.122. The highest BCUT2D eigenvalue weighted by atomic mass is 35.5. The average molecular weight is 596 g/mol. The van der Waals surface area contributed by atoms with Crippen LogP contribution in [0.15, 0.2) is 71.6 Å². The van der Waals surface area contributed by atoms with Crippen LogP contribution >= 0.6 is 35.6 Å². The highest BCUT2D eigenvalue weighted by Gasteiger charge is 2.32. The third kappa shape index (κ3) is 7.80. The van der Waals surface area contributed by atoms with E-state index in [-0.39, 0.29) is 5.91 Å². The number of ether oxygens (including phenoxy) is 3. The number of rotatable bonds is 13. The van der Waals surface area contributed by atoms with Crippen LogP contribution in [0.1, 0.15) is 56.2 Å². The molecule has 8 heteroatoms. The topological polar surface area (TPSA) is 48.0 Å². The minimum absolute atomic E-state index is 0.122. The van der Waals surface area contributed by atoms with Gasteiger partial charge >= 0.3 is 0 Å². The monoisotopic (exact) mass is 595 g/mol. The maximum Gasteiger partial charge on any atom is 0.266 e. The van der Waals surface area contributed by atoms with Crippen molar-refractivity contribution < 1.29 is 19.0 Å². The molecule has 1 heterocycles. The molecule has 40 heavy (non-hydrogen) atoms. The molecule has 5 nitrogen and oxygen atoms in total. The zero-order valence-corrected chi connectivity index (χ0v) is 25.4. The molecule has 1 aliphatic heterocycles. The van der Waals surface area contributed by atoms with Crippen molar-refractivity contribution in [3.8, 4) is 17.2 Å². The summed E-state index contributed by atoms with van der Waals surface area (Å²) in [5, 5.41) is 0.415. The van der Waals surface area contributed by atoms with Gasteiger partial charge in [-0.25, -0.2) is 0 Å². The summed E-state index contributed by atoms with van der Waals surface area (Å²) in [6, 6.07) is 21.7. The van der Waals surface area contributed by atoms with Crippen LogP contribution in [0.2, 0.25) is 5.02 Å². The Kier molecular flexibility index (Phi) is 10.9. The molecule has 0 saturated carbocycles. The molecule has 0 N–H and O–H groups in total. The summed E-state index contributed by atoms with van der Waals surface area (Å²) in [6.45, 7) is 8.14. The number of hydrogen-bond acceptors (Lipinski definition) is 6. The van der Waals surface area contributed by atoms with Crippen LogP contribution in [0, 0.1) is 0 Å². The fourth-order valence-electron chi connectivity index (χ4n) is 4.18. The highest BCUT2D eigenvalue weighted by Crippen LogP contribution is 2.39. The Balaban J connectivity index is 1.37. The molecule has 0 aliphatic carbocycles. The quantitative estimate of drug-likeness (QED) is 0.112. The van der Waals surface area contributed by atoms with Crippen molar-refractivity contribution in [3.05, 3.63) is 93.3 Å². The molecule has 4 rings (SSSR count). The Hall–Kier alpha value is -3.00. The van der Waals surface area contributed by atoms with Crippen molar-refractivity contribution in [2.75, 3.05) is 19.8 Å². The first kappa shape index (κ1) is 30.0. The second kappa shape index (κ2) is 14.6. The van der Waals surface area contributed by atoms with Gasteiger partial charge in [0.15, 0.2) is 11.5 Å². The normalized spacial score (nSPS) is 15.0. The molecular formula is C32H34ClNO4S2. The van der Waals surface area contributed by atoms with Gasteiger partial charge in [-0.2, -0.15) is 0 Å². The van der Waals surface area contributed by atoms with Gasteiger partial charge in [-0.05, 0) is 66.3 Å². The molecule has 1 amide bonds. The number of nitrogens with zero attached hydrogens (tertiary/aromatic N) is 1. The first-order chi connectivity index (χ1) is 19.4. The summed E-state index contributed by atoms with van der Waals surface area (Å²) >= 11 is 13.4. The van der Waals surface area contributed by atoms with Gasteiger partial charge in [-0.3, -0.25) is 9.69 Å². The lowest BCUT2D eigenvalue weighted by Gasteiger charge is -2.15. The number of amides is 1. The standard InChI is InChI=1S/C32H34ClNO4S2/c1-4-22(3)25-12-14-26(15-13-25)37-16-9-17-38-30-27(33)18-24(19-28(30)36-5-2)20-29-31(35)34(32(39)40-29)21-23-10-7-6-8-11-23/h6-8,10-15,18-20,22H,4-5,9,16-17,21H2,1-3H3. The first-order valence-electron chi connectivity index (χ1n) is 13.5. The lowest BCUT2D eigenvalue weighted by atomic mass is 9.99. The van der Waals surface area contributed by atoms with Gasteiger partial charge in [-0.1, -0.05) is 91.9 Å². The lowest BCUT2D eigenvalue weighted by molar-refractivity contribution is -0.122. The van der Waals surface area contributed by atoms with Crippen LogP contribution in [0.3, 0.4) is 0 Å². The van der Waals surface area contributed by atoms with Gasteiger partial charge in [0.25, 0.3) is 5.91 Å². The molecule has 1 aliphatic rings. The summed E-state index contributed by atoms with van der Waals surface area (Å²) in [5.74, 6) is 2.28. The Morgan fingerprint density at radius 3 is 2.42 bits per heavy atom. The molecule has 0 aromatic heterocycles. The number of halogens is 1. The molecular weight excluding hydrogens is 562 g/mol. The van der Waals surface area contributed by atoms with E-state index in [9.17, 15) is 4.79 Å². The van der Waals surface area contributed by atoms with Crippen molar-refractivity contribution in [2.24, 2.45) is 0 Å². The van der Waals surface area contributed by atoms with E-state index in [2.05, 4.69) is 26.0 Å². The Bertz CT molecular complexity index is 1350. The van der Waals surface area contributed by atoms with Crippen molar-refractivity contribution in [1.82, 2.24) is 4.90 Å². The van der Waals surface area contributed by atoms with Crippen LogP contribution in [0.4, 0.5) is 0 Å². The zero-order valence-electron chi connectivity index (χ0n) is 23.0. The molecule has 1 fully saturated rings. The fourth-order valence-corrected chi connectivity index (χ4v) is 5.71. The summed E-state index contributed by atoms with van der Waals surface area (Å²) in [5.41, 5.74) is 3.08. The average Bonchev–Trinajstić information content (AvgIpc) is 3.21. The van der Waals surface area contributed by atoms with Crippen LogP contribution in [-0.2, 0) is 11.3 Å². The molecule has 1 unspecified atom stereocenters. The molecule has 3 aromatic carbocycles. The Labute approximate surface area is 251 Å². The van der Waals surface area contributed by atoms with Gasteiger partial charge in [0.2, 0.25) is 0 Å². The molecule has 0 bridgehead atoms. The van der Waals surface area contributed by atoms with E-state index < -0.39 is 0 Å². The molecule has 3 aromatic rings. The van der Waals surface area contributed by atoms with E-state index in [4.69, 9.17) is 38.0 Å². The van der Waals surface area contributed by atoms with Gasteiger partial charge in [-0.15, -0.1) is 0 Å². The van der Waals surface area contributed by atoms with Crippen LogP contribution in [0.25, 0.3) is 6.08 Å². The van der Waals surface area contributed by atoms with E-state index in [1.807, 2.05) is 55.5 Å². The molecule has 0 spiro atoms. The summed E-state index contributed by atoms with van der Waals surface area (Å²) in [7, 11) is 0. The number of carbonyl (C=O) groups excluding carboxylic acids is 1. The maximum atomic E-state index is 13.1. The van der Waals surface area contributed by atoms with Crippen LogP contribution in [0.5, 0.6) is 17.2 Å². The summed E-state index contributed by atoms with van der Waals surface area (Å²) in [4.78, 5) is 15.3. The smallest absolute Gasteiger partial charge is 0.266 e.